The lowest BCUT2D eigenvalue weighted by atomic mass is 10.1. The van der Waals surface area contributed by atoms with E-state index in [0.29, 0.717) is 23.4 Å². The molecule has 0 radical (unpaired) electrons. The summed E-state index contributed by atoms with van der Waals surface area (Å²) in [7, 11) is 0. The number of rotatable bonds is 7. The standard InChI is InChI=1S/C21H22N4O2/c1-16-6-4-7-17(14-16)20(26)24-19-9-3-2-8-18(19)21(27)23-10-5-12-25-13-11-22-15-25/h2-4,6-9,11,13-15H,5,10,12H2,1H3,(H,23,27)(H,24,26). The van der Waals surface area contributed by atoms with E-state index in [2.05, 4.69) is 15.6 Å². The first-order valence-electron chi connectivity index (χ1n) is 8.84. The molecule has 0 saturated heterocycles. The number of carbonyl (C=O) groups is 2. The van der Waals surface area contributed by atoms with Gasteiger partial charge < -0.3 is 15.2 Å². The molecule has 2 aromatic carbocycles. The van der Waals surface area contributed by atoms with Crippen LogP contribution >= 0.6 is 0 Å². The Hall–Kier alpha value is -3.41. The van der Waals surface area contributed by atoms with Crippen LogP contribution in [0.5, 0.6) is 0 Å². The molecule has 0 saturated carbocycles. The summed E-state index contributed by atoms with van der Waals surface area (Å²) in [4.78, 5) is 29.0. The Labute approximate surface area is 158 Å². The number of nitrogens with one attached hydrogen (secondary N) is 2. The van der Waals surface area contributed by atoms with Crippen molar-refractivity contribution >= 4 is 17.5 Å². The molecule has 6 heteroatoms. The second kappa shape index (κ2) is 8.80. The maximum absolute atomic E-state index is 12.5. The minimum atomic E-state index is -0.237. The second-order valence-corrected chi connectivity index (χ2v) is 6.28. The van der Waals surface area contributed by atoms with Crippen molar-refractivity contribution < 1.29 is 9.59 Å². The molecule has 3 rings (SSSR count). The van der Waals surface area contributed by atoms with E-state index in [9.17, 15) is 9.59 Å². The average Bonchev–Trinajstić information content (AvgIpc) is 3.19. The number of para-hydroxylation sites is 1. The normalized spacial score (nSPS) is 10.4. The Bertz CT molecular complexity index is 919. The van der Waals surface area contributed by atoms with Gasteiger partial charge in [-0.05, 0) is 37.6 Å². The van der Waals surface area contributed by atoms with Crippen LogP contribution in [0.3, 0.4) is 0 Å². The Morgan fingerprint density at radius 1 is 1.07 bits per heavy atom. The molecule has 0 fully saturated rings. The first kappa shape index (κ1) is 18.4. The van der Waals surface area contributed by atoms with Gasteiger partial charge in [-0.15, -0.1) is 0 Å². The number of amides is 2. The molecule has 3 aromatic rings. The minimum Gasteiger partial charge on any atom is -0.352 e. The number of aryl methyl sites for hydroxylation is 2. The molecule has 138 valence electrons. The lowest BCUT2D eigenvalue weighted by Gasteiger charge is -2.12. The summed E-state index contributed by atoms with van der Waals surface area (Å²) in [6, 6.07) is 14.3. The SMILES string of the molecule is Cc1cccc(C(=O)Nc2ccccc2C(=O)NCCCn2ccnc2)c1. The highest BCUT2D eigenvalue weighted by Crippen LogP contribution is 2.16. The minimum absolute atomic E-state index is 0.208. The van der Waals surface area contributed by atoms with Gasteiger partial charge in [0.05, 0.1) is 17.6 Å². The third-order valence-electron chi connectivity index (χ3n) is 4.14. The largest absolute Gasteiger partial charge is 0.352 e. The lowest BCUT2D eigenvalue weighted by molar-refractivity contribution is 0.0953. The van der Waals surface area contributed by atoms with Crippen molar-refractivity contribution in [2.24, 2.45) is 0 Å². The van der Waals surface area contributed by atoms with Crippen molar-refractivity contribution in [1.82, 2.24) is 14.9 Å². The Balaban J connectivity index is 1.60. The fourth-order valence-corrected chi connectivity index (χ4v) is 2.75. The van der Waals surface area contributed by atoms with Gasteiger partial charge in [0.25, 0.3) is 11.8 Å². The number of aromatic nitrogens is 2. The van der Waals surface area contributed by atoms with Crippen LogP contribution in [-0.2, 0) is 6.54 Å². The van der Waals surface area contributed by atoms with Gasteiger partial charge in [-0.3, -0.25) is 9.59 Å². The molecule has 0 spiro atoms. The molecule has 1 aromatic heterocycles. The van der Waals surface area contributed by atoms with Crippen LogP contribution in [0.4, 0.5) is 5.69 Å². The quantitative estimate of drug-likeness (QED) is 0.634. The van der Waals surface area contributed by atoms with E-state index in [0.717, 1.165) is 18.5 Å². The number of imidazole rings is 1. The molecule has 2 amide bonds. The fourth-order valence-electron chi connectivity index (χ4n) is 2.75. The van der Waals surface area contributed by atoms with Crippen LogP contribution in [0.15, 0.2) is 67.3 Å². The van der Waals surface area contributed by atoms with Gasteiger partial charge in [0, 0.05) is 31.0 Å². The highest BCUT2D eigenvalue weighted by atomic mass is 16.2. The fraction of sp³-hybridized carbons (Fsp3) is 0.190. The summed E-state index contributed by atoms with van der Waals surface area (Å²) in [6.07, 6.45) is 6.15. The van der Waals surface area contributed by atoms with Gasteiger partial charge in [0.15, 0.2) is 0 Å². The molecule has 0 aliphatic rings. The topological polar surface area (TPSA) is 76.0 Å². The molecule has 0 aliphatic carbocycles. The van der Waals surface area contributed by atoms with Crippen molar-refractivity contribution in [3.8, 4) is 0 Å². The van der Waals surface area contributed by atoms with Crippen LogP contribution in [0, 0.1) is 6.92 Å². The third kappa shape index (κ3) is 5.04. The van der Waals surface area contributed by atoms with Crippen molar-refractivity contribution in [3.05, 3.63) is 83.9 Å². The molecule has 0 bridgehead atoms. The highest BCUT2D eigenvalue weighted by Gasteiger charge is 2.13. The number of anilines is 1. The van der Waals surface area contributed by atoms with E-state index < -0.39 is 0 Å². The zero-order chi connectivity index (χ0) is 19.1. The second-order valence-electron chi connectivity index (χ2n) is 6.28. The number of hydrogen-bond acceptors (Lipinski definition) is 3. The lowest BCUT2D eigenvalue weighted by Crippen LogP contribution is -2.26. The van der Waals surface area contributed by atoms with Gasteiger partial charge in [0.2, 0.25) is 0 Å². The maximum Gasteiger partial charge on any atom is 0.255 e. The van der Waals surface area contributed by atoms with E-state index in [1.54, 1.807) is 42.9 Å². The monoisotopic (exact) mass is 362 g/mol. The predicted molar refractivity (Wildman–Crippen MR) is 105 cm³/mol. The summed E-state index contributed by atoms with van der Waals surface area (Å²) < 4.78 is 1.96. The molecule has 6 nitrogen and oxygen atoms in total. The van der Waals surface area contributed by atoms with Crippen LogP contribution in [0.1, 0.15) is 32.7 Å². The summed E-state index contributed by atoms with van der Waals surface area (Å²) in [5.74, 6) is -0.445. The van der Waals surface area contributed by atoms with Crippen molar-refractivity contribution in [2.45, 2.75) is 19.9 Å². The van der Waals surface area contributed by atoms with Crippen molar-refractivity contribution in [1.29, 1.82) is 0 Å². The number of benzene rings is 2. The van der Waals surface area contributed by atoms with E-state index in [4.69, 9.17) is 0 Å². The molecule has 0 unspecified atom stereocenters. The first-order chi connectivity index (χ1) is 13.1. The summed E-state index contributed by atoms with van der Waals surface area (Å²) in [5, 5.41) is 5.74. The van der Waals surface area contributed by atoms with Gasteiger partial charge in [-0.1, -0.05) is 29.8 Å². The van der Waals surface area contributed by atoms with Crippen LogP contribution in [-0.4, -0.2) is 27.9 Å². The van der Waals surface area contributed by atoms with Crippen molar-refractivity contribution in [2.75, 3.05) is 11.9 Å². The average molecular weight is 362 g/mol. The number of hydrogen-bond donors (Lipinski definition) is 2. The van der Waals surface area contributed by atoms with Crippen LogP contribution in [0.2, 0.25) is 0 Å². The Morgan fingerprint density at radius 2 is 1.93 bits per heavy atom. The van der Waals surface area contributed by atoms with Gasteiger partial charge in [-0.2, -0.15) is 0 Å². The van der Waals surface area contributed by atoms with Crippen LogP contribution in [0.25, 0.3) is 0 Å². The first-order valence-corrected chi connectivity index (χ1v) is 8.84. The van der Waals surface area contributed by atoms with Gasteiger partial charge >= 0.3 is 0 Å². The van der Waals surface area contributed by atoms with E-state index in [-0.39, 0.29) is 11.8 Å². The Morgan fingerprint density at radius 3 is 2.70 bits per heavy atom. The zero-order valence-corrected chi connectivity index (χ0v) is 15.2. The Kier molecular flexibility index (Phi) is 5.99. The molecular weight excluding hydrogens is 340 g/mol. The molecule has 0 atom stereocenters. The maximum atomic E-state index is 12.5. The number of nitrogens with zero attached hydrogens (tertiary/aromatic N) is 2. The predicted octanol–water partition coefficient (Wildman–Crippen LogP) is 3.26. The summed E-state index contributed by atoms with van der Waals surface area (Å²) in [5.41, 5.74) is 2.51. The zero-order valence-electron chi connectivity index (χ0n) is 15.2. The van der Waals surface area contributed by atoms with Crippen LogP contribution < -0.4 is 10.6 Å². The number of carbonyl (C=O) groups excluding carboxylic acids is 2. The molecule has 1 heterocycles. The summed E-state index contributed by atoms with van der Waals surface area (Å²) in [6.45, 7) is 3.26. The molecule has 0 aliphatic heterocycles. The van der Waals surface area contributed by atoms with Gasteiger partial charge in [0.1, 0.15) is 0 Å². The smallest absolute Gasteiger partial charge is 0.255 e. The van der Waals surface area contributed by atoms with E-state index in [1.165, 1.54) is 0 Å². The molecule has 2 N–H and O–H groups in total. The van der Waals surface area contributed by atoms with E-state index in [1.807, 2.05) is 35.9 Å². The highest BCUT2D eigenvalue weighted by molar-refractivity contribution is 6.09. The van der Waals surface area contributed by atoms with Crippen molar-refractivity contribution in [3.63, 3.8) is 0 Å². The van der Waals surface area contributed by atoms with Gasteiger partial charge in [-0.25, -0.2) is 4.98 Å². The summed E-state index contributed by atoms with van der Waals surface area (Å²) >= 11 is 0. The third-order valence-corrected chi connectivity index (χ3v) is 4.14. The van der Waals surface area contributed by atoms with E-state index >= 15 is 0 Å². The molecular formula is C21H22N4O2. The molecule has 27 heavy (non-hydrogen) atoms.